The lowest BCUT2D eigenvalue weighted by Crippen LogP contribution is -2.10. The van der Waals surface area contributed by atoms with E-state index in [1.165, 1.54) is 53.2 Å². The number of nitrogens with zero attached hydrogens (tertiary/aromatic N) is 3. The van der Waals surface area contributed by atoms with Crippen LogP contribution in [0.15, 0.2) is 76.8 Å². The molecule has 0 aliphatic rings. The zero-order valence-corrected chi connectivity index (χ0v) is 16.3. The summed E-state index contributed by atoms with van der Waals surface area (Å²) in [6, 6.07) is 14.5. The van der Waals surface area contributed by atoms with Gasteiger partial charge in [-0.2, -0.15) is 0 Å². The second-order valence-electron chi connectivity index (χ2n) is 5.96. The molecule has 0 saturated carbocycles. The maximum Gasteiger partial charge on any atom is 0.388 e. The zero-order valence-electron chi connectivity index (χ0n) is 14.6. The van der Waals surface area contributed by atoms with Gasteiger partial charge >= 0.3 is 5.97 Å². The number of benzene rings is 2. The van der Waals surface area contributed by atoms with Gasteiger partial charge in [-0.05, 0) is 42.5 Å². The predicted octanol–water partition coefficient (Wildman–Crippen LogP) is 3.39. The highest BCUT2D eigenvalue weighted by atomic mass is 32.2. The molecule has 0 spiro atoms. The quantitative estimate of drug-likeness (QED) is 0.395. The van der Waals surface area contributed by atoms with Gasteiger partial charge in [0.25, 0.3) is 0 Å². The molecule has 7 nitrogen and oxygen atoms in total. The van der Waals surface area contributed by atoms with Gasteiger partial charge in [-0.1, -0.05) is 18.2 Å². The van der Waals surface area contributed by atoms with Crippen LogP contribution < -0.4 is 0 Å². The van der Waals surface area contributed by atoms with Crippen LogP contribution in [0.25, 0.3) is 16.7 Å². The number of fused-ring (bicyclic) bond motifs is 1. The first kappa shape index (κ1) is 19.1. The average Bonchev–Trinajstić information content (AvgIpc) is 3.14. The molecule has 0 bridgehead atoms. The first-order valence-corrected chi connectivity index (χ1v) is 10.1. The largest absolute Gasteiger partial charge is 0.389 e. The van der Waals surface area contributed by atoms with Crippen molar-refractivity contribution in [3.8, 4) is 5.69 Å². The molecule has 0 atom stereocenters. The Labute approximate surface area is 170 Å². The van der Waals surface area contributed by atoms with Crippen LogP contribution >= 0.6 is 12.9 Å². The van der Waals surface area contributed by atoms with Crippen LogP contribution in [0.1, 0.15) is 10.6 Å². The van der Waals surface area contributed by atoms with Gasteiger partial charge in [-0.3, -0.25) is 4.57 Å². The number of halogens is 1. The molecule has 0 aliphatic heterocycles. The Morgan fingerprint density at radius 3 is 2.41 bits per heavy atom. The summed E-state index contributed by atoms with van der Waals surface area (Å²) in [6.45, 7) is 0. The first-order chi connectivity index (χ1) is 13.9. The summed E-state index contributed by atoms with van der Waals surface area (Å²) in [5.41, 5.74) is 0.495. The van der Waals surface area contributed by atoms with Crippen molar-refractivity contribution < 1.29 is 21.8 Å². The Morgan fingerprint density at radius 1 is 1.07 bits per heavy atom. The van der Waals surface area contributed by atoms with Gasteiger partial charge in [0.05, 0.1) is 4.90 Å². The van der Waals surface area contributed by atoms with Crippen LogP contribution in [0.4, 0.5) is 4.39 Å². The summed E-state index contributed by atoms with van der Waals surface area (Å²) in [5, 5.41) is 0.274. The van der Waals surface area contributed by atoms with E-state index in [-0.39, 0.29) is 21.4 Å². The molecule has 2 aromatic heterocycles. The highest BCUT2D eigenvalue weighted by Gasteiger charge is 2.26. The van der Waals surface area contributed by atoms with E-state index >= 15 is 0 Å². The van der Waals surface area contributed by atoms with Gasteiger partial charge in [0.1, 0.15) is 16.5 Å². The average molecular weight is 429 g/mol. The maximum atomic E-state index is 13.4. The van der Waals surface area contributed by atoms with Crippen LogP contribution in [0.2, 0.25) is 0 Å². The standard InChI is InChI=1S/C19H12FN3O4S2/c20-13-6-8-14(9-7-13)23-16(29(25,26)15-4-2-1-3-5-15)10-12-11-21-17(19(24)27-28)22-18(12)23/h1-11,28H. The van der Waals surface area contributed by atoms with Crippen LogP contribution in [-0.4, -0.2) is 28.9 Å². The fraction of sp³-hybridized carbons (Fsp3) is 0. The molecule has 0 saturated heterocycles. The molecule has 0 radical (unpaired) electrons. The minimum atomic E-state index is -3.96. The SMILES string of the molecule is O=C(OS)c1ncc2cc(S(=O)(=O)c3ccccc3)n(-c3ccc(F)cc3)c2n1. The third kappa shape index (κ3) is 3.36. The van der Waals surface area contributed by atoms with Gasteiger partial charge in [0.15, 0.2) is 0 Å². The van der Waals surface area contributed by atoms with Crippen molar-refractivity contribution in [1.29, 1.82) is 0 Å². The van der Waals surface area contributed by atoms with E-state index in [4.69, 9.17) is 0 Å². The number of aromatic nitrogens is 3. The van der Waals surface area contributed by atoms with E-state index in [1.807, 2.05) is 0 Å². The van der Waals surface area contributed by atoms with Gasteiger partial charge in [-0.25, -0.2) is 27.6 Å². The van der Waals surface area contributed by atoms with Crippen LogP contribution in [-0.2, 0) is 14.0 Å². The van der Waals surface area contributed by atoms with Crippen molar-refractivity contribution in [1.82, 2.24) is 14.5 Å². The molecule has 4 rings (SSSR count). The lowest BCUT2D eigenvalue weighted by atomic mass is 10.3. The van der Waals surface area contributed by atoms with Gasteiger partial charge < -0.3 is 4.18 Å². The molecular formula is C19H12FN3O4S2. The summed E-state index contributed by atoms with van der Waals surface area (Å²) in [6.07, 6.45) is 1.31. The molecule has 0 aliphatic carbocycles. The number of thiol groups is 1. The third-order valence-corrected chi connectivity index (χ3v) is 6.10. The maximum absolute atomic E-state index is 13.4. The lowest BCUT2D eigenvalue weighted by Gasteiger charge is -2.11. The van der Waals surface area contributed by atoms with Crippen molar-refractivity contribution in [3.05, 3.63) is 78.5 Å². The van der Waals surface area contributed by atoms with E-state index in [9.17, 15) is 17.6 Å². The van der Waals surface area contributed by atoms with Gasteiger partial charge in [0.2, 0.25) is 15.7 Å². The third-order valence-electron chi connectivity index (χ3n) is 4.19. The van der Waals surface area contributed by atoms with E-state index in [2.05, 4.69) is 27.1 Å². The van der Waals surface area contributed by atoms with Crippen LogP contribution in [0, 0.1) is 5.82 Å². The van der Waals surface area contributed by atoms with Crippen molar-refractivity contribution in [2.75, 3.05) is 0 Å². The van der Waals surface area contributed by atoms with Crippen molar-refractivity contribution in [2.24, 2.45) is 0 Å². The highest BCUT2D eigenvalue weighted by molar-refractivity contribution is 7.91. The molecule has 2 heterocycles. The summed E-state index contributed by atoms with van der Waals surface area (Å²) >= 11 is 3.45. The topological polar surface area (TPSA) is 91.1 Å². The summed E-state index contributed by atoms with van der Waals surface area (Å²) in [7, 11) is -3.96. The Bertz CT molecular complexity index is 1320. The number of hydrogen-bond acceptors (Lipinski definition) is 7. The van der Waals surface area contributed by atoms with E-state index in [1.54, 1.807) is 18.2 Å². The smallest absolute Gasteiger partial charge is 0.388 e. The number of sulfone groups is 1. The molecule has 10 heteroatoms. The molecule has 0 N–H and O–H groups in total. The zero-order chi connectivity index (χ0) is 20.6. The number of rotatable bonds is 4. The van der Waals surface area contributed by atoms with Crippen molar-refractivity contribution >= 4 is 39.7 Å². The molecule has 0 fully saturated rings. The summed E-state index contributed by atoms with van der Waals surface area (Å²) in [4.78, 5) is 19.9. The second-order valence-corrected chi connectivity index (χ2v) is 8.04. The molecule has 4 aromatic rings. The van der Waals surface area contributed by atoms with Crippen molar-refractivity contribution in [2.45, 2.75) is 9.92 Å². The van der Waals surface area contributed by atoms with Gasteiger partial charge in [-0.15, -0.1) is 0 Å². The summed E-state index contributed by atoms with van der Waals surface area (Å²) < 4.78 is 45.7. The van der Waals surface area contributed by atoms with Gasteiger partial charge in [0, 0.05) is 30.2 Å². The van der Waals surface area contributed by atoms with E-state index in [0.717, 1.165) is 0 Å². The lowest BCUT2D eigenvalue weighted by molar-refractivity contribution is 0.0760. The molecule has 0 amide bonds. The van der Waals surface area contributed by atoms with E-state index < -0.39 is 21.6 Å². The molecule has 146 valence electrons. The molecule has 29 heavy (non-hydrogen) atoms. The van der Waals surface area contributed by atoms with Crippen LogP contribution in [0.3, 0.4) is 0 Å². The second kappa shape index (κ2) is 7.30. The predicted molar refractivity (Wildman–Crippen MR) is 105 cm³/mol. The minimum absolute atomic E-state index is 0.0779. The molecular weight excluding hydrogens is 417 g/mol. The fourth-order valence-corrected chi connectivity index (χ4v) is 4.41. The number of carbonyl (C=O) groups excluding carboxylic acids is 1. The fourth-order valence-electron chi connectivity index (χ4n) is 2.86. The Morgan fingerprint density at radius 2 is 1.76 bits per heavy atom. The highest BCUT2D eigenvalue weighted by Crippen LogP contribution is 2.30. The Hall–Kier alpha value is -3.24. The molecule has 0 unspecified atom stereocenters. The Kier molecular flexibility index (Phi) is 4.81. The Balaban J connectivity index is 2.05. The summed E-state index contributed by atoms with van der Waals surface area (Å²) in [5.74, 6) is -1.67. The van der Waals surface area contributed by atoms with Crippen molar-refractivity contribution in [3.63, 3.8) is 0 Å². The van der Waals surface area contributed by atoms with Crippen LogP contribution in [0.5, 0.6) is 0 Å². The number of hydrogen-bond donors (Lipinski definition) is 1. The normalized spacial score (nSPS) is 11.5. The monoisotopic (exact) mass is 429 g/mol. The molecule has 2 aromatic carbocycles. The van der Waals surface area contributed by atoms with E-state index in [0.29, 0.717) is 11.1 Å². The number of carbonyl (C=O) groups is 1. The minimum Gasteiger partial charge on any atom is -0.389 e. The first-order valence-electron chi connectivity index (χ1n) is 8.22.